The molecule has 2 aromatic heterocycles. The molecular weight excluding hydrogens is 420 g/mol. The average Bonchev–Trinajstić information content (AvgIpc) is 3.01. The zero-order valence-electron chi connectivity index (χ0n) is 16.4. The zero-order chi connectivity index (χ0) is 21.3. The molecule has 0 radical (unpaired) electrons. The van der Waals surface area contributed by atoms with Crippen LogP contribution in [0.4, 0.5) is 11.5 Å². The molecule has 4 aromatic rings. The molecule has 0 bridgehead atoms. The molecule has 0 aliphatic heterocycles. The molecule has 2 aromatic carbocycles. The summed E-state index contributed by atoms with van der Waals surface area (Å²) < 4.78 is 7.17. The van der Waals surface area contributed by atoms with Crippen LogP contribution < -0.4 is 16.3 Å². The molecule has 6 nitrogen and oxygen atoms in total. The number of hydrogen-bond donors (Lipinski definition) is 2. The third kappa shape index (κ3) is 4.53. The summed E-state index contributed by atoms with van der Waals surface area (Å²) >= 11 is 11.4. The topological polar surface area (TPSA) is 72.1 Å². The van der Waals surface area contributed by atoms with E-state index < -0.39 is 0 Å². The van der Waals surface area contributed by atoms with Crippen LogP contribution in [-0.4, -0.2) is 14.9 Å². The summed E-state index contributed by atoms with van der Waals surface area (Å²) in [5.41, 5.74) is 3.82. The molecule has 0 saturated heterocycles. The normalized spacial score (nSPS) is 10.9. The van der Waals surface area contributed by atoms with Crippen molar-refractivity contribution in [1.82, 2.24) is 9.78 Å². The van der Waals surface area contributed by atoms with Crippen LogP contribution in [0.3, 0.4) is 0 Å². The lowest BCUT2D eigenvalue weighted by Gasteiger charge is -2.09. The Balaban J connectivity index is 1.46. The van der Waals surface area contributed by atoms with Gasteiger partial charge in [0.1, 0.15) is 5.58 Å². The largest absolute Gasteiger partial charge is 0.423 e. The molecule has 0 amide bonds. The van der Waals surface area contributed by atoms with Gasteiger partial charge in [0, 0.05) is 40.0 Å². The number of nitrogens with one attached hydrogen (secondary N) is 2. The van der Waals surface area contributed by atoms with Crippen LogP contribution >= 0.6 is 23.8 Å². The Morgan fingerprint density at radius 2 is 1.87 bits per heavy atom. The number of hydrogen-bond acceptors (Lipinski definition) is 4. The second-order valence-electron chi connectivity index (χ2n) is 6.99. The lowest BCUT2D eigenvalue weighted by Crippen LogP contribution is -2.19. The maximum atomic E-state index is 11.6. The lowest BCUT2D eigenvalue weighted by molar-refractivity contribution is 0.560. The maximum Gasteiger partial charge on any atom is 0.336 e. The van der Waals surface area contributed by atoms with Gasteiger partial charge in [-0.05, 0) is 61.5 Å². The molecule has 0 spiro atoms. The van der Waals surface area contributed by atoms with Crippen molar-refractivity contribution in [2.45, 2.75) is 20.4 Å². The second kappa shape index (κ2) is 8.30. The molecule has 8 heteroatoms. The zero-order valence-corrected chi connectivity index (χ0v) is 18.0. The summed E-state index contributed by atoms with van der Waals surface area (Å²) in [5, 5.41) is 12.7. The van der Waals surface area contributed by atoms with Crippen LogP contribution in [0.1, 0.15) is 16.8 Å². The number of fused-ring (bicyclic) bond motifs is 1. The van der Waals surface area contributed by atoms with Crippen LogP contribution in [0, 0.1) is 13.8 Å². The Morgan fingerprint density at radius 1 is 1.10 bits per heavy atom. The molecule has 2 heterocycles. The van der Waals surface area contributed by atoms with Crippen molar-refractivity contribution >= 4 is 51.4 Å². The fourth-order valence-electron chi connectivity index (χ4n) is 3.18. The molecule has 0 fully saturated rings. The summed E-state index contributed by atoms with van der Waals surface area (Å²) in [4.78, 5) is 11.6. The van der Waals surface area contributed by atoms with Crippen LogP contribution in [0.5, 0.6) is 0 Å². The molecule has 2 N–H and O–H groups in total. The Kier molecular flexibility index (Phi) is 5.57. The first-order valence-electron chi connectivity index (χ1n) is 9.29. The van der Waals surface area contributed by atoms with Gasteiger partial charge in [0.2, 0.25) is 0 Å². The molecule has 0 saturated carbocycles. The first-order chi connectivity index (χ1) is 14.4. The van der Waals surface area contributed by atoms with Gasteiger partial charge in [0.25, 0.3) is 0 Å². The smallest absolute Gasteiger partial charge is 0.336 e. The van der Waals surface area contributed by atoms with Crippen molar-refractivity contribution in [3.8, 4) is 0 Å². The van der Waals surface area contributed by atoms with Crippen LogP contribution in [0.15, 0.2) is 63.8 Å². The Morgan fingerprint density at radius 3 is 2.63 bits per heavy atom. The highest BCUT2D eigenvalue weighted by Crippen LogP contribution is 2.21. The molecule has 0 aliphatic carbocycles. The highest BCUT2D eigenvalue weighted by molar-refractivity contribution is 7.80. The minimum absolute atomic E-state index is 0.375. The average molecular weight is 439 g/mol. The SMILES string of the molecule is Cc1cc(=O)oc2cc(NC(=S)Nc3cc(C)n(Cc4ccc(Cl)cc4)n3)ccc12. The number of aryl methyl sites for hydroxylation is 2. The standard InChI is InChI=1S/C22H19ClN4O2S/c1-13-9-21(28)29-19-11-17(7-8-18(13)19)24-22(30)25-20-10-14(2)27(26-20)12-15-3-5-16(23)6-4-15/h3-11H,12H2,1-2H3,(H2,24,25,26,30). The Bertz CT molecular complexity index is 1290. The van der Waals surface area contributed by atoms with E-state index in [9.17, 15) is 4.79 Å². The van der Waals surface area contributed by atoms with E-state index in [2.05, 4.69) is 15.7 Å². The molecule has 152 valence electrons. The number of benzene rings is 2. The van der Waals surface area contributed by atoms with E-state index in [1.54, 1.807) is 6.07 Å². The number of nitrogens with zero attached hydrogens (tertiary/aromatic N) is 2. The molecule has 0 atom stereocenters. The number of anilines is 2. The van der Waals surface area contributed by atoms with Crippen molar-refractivity contribution in [2.75, 3.05) is 10.6 Å². The van der Waals surface area contributed by atoms with Gasteiger partial charge in [0.15, 0.2) is 10.9 Å². The number of rotatable bonds is 4. The minimum atomic E-state index is -0.375. The maximum absolute atomic E-state index is 11.6. The van der Waals surface area contributed by atoms with E-state index in [-0.39, 0.29) is 5.63 Å². The monoisotopic (exact) mass is 438 g/mol. The van der Waals surface area contributed by atoms with Gasteiger partial charge >= 0.3 is 5.63 Å². The number of thiocarbonyl (C=S) groups is 1. The number of aromatic nitrogens is 2. The van der Waals surface area contributed by atoms with Gasteiger partial charge < -0.3 is 15.1 Å². The third-order valence-corrected chi connectivity index (χ3v) is 5.13. The van der Waals surface area contributed by atoms with Crippen LogP contribution in [-0.2, 0) is 6.54 Å². The van der Waals surface area contributed by atoms with E-state index in [4.69, 9.17) is 28.2 Å². The van der Waals surface area contributed by atoms with E-state index in [0.717, 1.165) is 22.2 Å². The summed E-state index contributed by atoms with van der Waals surface area (Å²) in [7, 11) is 0. The van der Waals surface area contributed by atoms with Crippen molar-refractivity contribution in [3.63, 3.8) is 0 Å². The molecular formula is C22H19ClN4O2S. The Labute approximate surface area is 183 Å². The van der Waals surface area contributed by atoms with Gasteiger partial charge in [-0.1, -0.05) is 23.7 Å². The second-order valence-corrected chi connectivity index (χ2v) is 7.84. The minimum Gasteiger partial charge on any atom is -0.423 e. The predicted molar refractivity (Wildman–Crippen MR) is 125 cm³/mol. The van der Waals surface area contributed by atoms with Gasteiger partial charge in [-0.3, -0.25) is 4.68 Å². The first-order valence-corrected chi connectivity index (χ1v) is 10.1. The van der Waals surface area contributed by atoms with Gasteiger partial charge in [-0.2, -0.15) is 5.10 Å². The first kappa shape index (κ1) is 20.1. The van der Waals surface area contributed by atoms with Gasteiger partial charge in [-0.15, -0.1) is 0 Å². The van der Waals surface area contributed by atoms with Crippen molar-refractivity contribution < 1.29 is 4.42 Å². The van der Waals surface area contributed by atoms with Gasteiger partial charge in [0.05, 0.1) is 6.54 Å². The molecule has 4 rings (SSSR count). The molecule has 30 heavy (non-hydrogen) atoms. The summed E-state index contributed by atoms with van der Waals surface area (Å²) in [5.74, 6) is 0.641. The van der Waals surface area contributed by atoms with Crippen molar-refractivity contribution in [1.29, 1.82) is 0 Å². The molecule has 0 aliphatic rings. The van der Waals surface area contributed by atoms with Crippen LogP contribution in [0.2, 0.25) is 5.02 Å². The fourth-order valence-corrected chi connectivity index (χ4v) is 3.52. The fraction of sp³-hybridized carbons (Fsp3) is 0.136. The number of halogens is 1. The molecule has 0 unspecified atom stereocenters. The van der Waals surface area contributed by atoms with E-state index in [0.29, 0.717) is 33.8 Å². The summed E-state index contributed by atoms with van der Waals surface area (Å²) in [6.07, 6.45) is 0. The van der Waals surface area contributed by atoms with Crippen molar-refractivity contribution in [2.24, 2.45) is 0 Å². The van der Waals surface area contributed by atoms with Crippen molar-refractivity contribution in [3.05, 3.63) is 86.9 Å². The highest BCUT2D eigenvalue weighted by Gasteiger charge is 2.08. The predicted octanol–water partition coefficient (Wildman–Crippen LogP) is 5.12. The summed E-state index contributed by atoms with van der Waals surface area (Å²) in [6, 6.07) is 16.6. The third-order valence-electron chi connectivity index (χ3n) is 4.68. The van der Waals surface area contributed by atoms with Crippen LogP contribution in [0.25, 0.3) is 11.0 Å². The summed E-state index contributed by atoms with van der Waals surface area (Å²) in [6.45, 7) is 4.49. The van der Waals surface area contributed by atoms with E-state index >= 15 is 0 Å². The lowest BCUT2D eigenvalue weighted by atomic mass is 10.1. The Hall–Kier alpha value is -3.16. The quantitative estimate of drug-likeness (QED) is 0.340. The van der Waals surface area contributed by atoms with Gasteiger partial charge in [-0.25, -0.2) is 4.79 Å². The van der Waals surface area contributed by atoms with E-state index in [1.807, 2.05) is 61.0 Å². The van der Waals surface area contributed by atoms with E-state index in [1.165, 1.54) is 6.07 Å². The highest BCUT2D eigenvalue weighted by atomic mass is 35.5.